The van der Waals surface area contributed by atoms with Gasteiger partial charge < -0.3 is 10.6 Å². The van der Waals surface area contributed by atoms with Crippen LogP contribution in [0.4, 0.5) is 5.82 Å². The number of fused-ring (bicyclic) bond motifs is 1. The summed E-state index contributed by atoms with van der Waals surface area (Å²) in [4.78, 5) is 17.8. The number of anilines is 1. The Balaban J connectivity index is 1.90. The van der Waals surface area contributed by atoms with Gasteiger partial charge in [0.15, 0.2) is 0 Å². The molecule has 1 aromatic carbocycles. The Kier molecular flexibility index (Phi) is 2.63. The summed E-state index contributed by atoms with van der Waals surface area (Å²) in [5.74, 6) is 0.771. The average Bonchev–Trinajstić information content (AvgIpc) is 2.74. The number of nitrogens with zero attached hydrogens (tertiary/aromatic N) is 2. The number of carbonyl (C=O) groups is 1. The highest BCUT2D eigenvalue weighted by Gasteiger charge is 2.19. The van der Waals surface area contributed by atoms with Gasteiger partial charge in [-0.1, -0.05) is 12.1 Å². The first kappa shape index (κ1) is 11.0. The van der Waals surface area contributed by atoms with E-state index in [1.807, 2.05) is 29.2 Å². The molecule has 0 bridgehead atoms. The molecular weight excluding hydrogens is 226 g/mol. The van der Waals surface area contributed by atoms with E-state index in [0.29, 0.717) is 18.8 Å². The predicted molar refractivity (Wildman–Crippen MR) is 70.8 cm³/mol. The third-order valence-electron chi connectivity index (χ3n) is 3.32. The van der Waals surface area contributed by atoms with Crippen LogP contribution in [0.3, 0.4) is 0 Å². The minimum atomic E-state index is 0.246. The number of aromatic nitrogens is 1. The Bertz CT molecular complexity index is 609. The van der Waals surface area contributed by atoms with Crippen molar-refractivity contribution >= 4 is 22.6 Å². The van der Waals surface area contributed by atoms with Crippen molar-refractivity contribution in [2.24, 2.45) is 0 Å². The summed E-state index contributed by atoms with van der Waals surface area (Å²) in [7, 11) is 0. The third kappa shape index (κ3) is 2.01. The fourth-order valence-corrected chi connectivity index (χ4v) is 2.37. The van der Waals surface area contributed by atoms with Gasteiger partial charge in [-0.25, -0.2) is 4.98 Å². The quantitative estimate of drug-likeness (QED) is 0.874. The van der Waals surface area contributed by atoms with Gasteiger partial charge in [-0.2, -0.15) is 0 Å². The van der Waals surface area contributed by atoms with Crippen molar-refractivity contribution in [2.75, 3.05) is 12.3 Å². The highest BCUT2D eigenvalue weighted by molar-refractivity contribution is 5.81. The highest BCUT2D eigenvalue weighted by atomic mass is 16.2. The van der Waals surface area contributed by atoms with Gasteiger partial charge in [0.2, 0.25) is 5.91 Å². The molecule has 1 aliphatic heterocycles. The molecule has 18 heavy (non-hydrogen) atoms. The standard InChI is InChI=1S/C14H15N3O/c15-13-6-5-11-4-3-10(8-12(11)16-13)9-17-7-1-2-14(17)18/h3-6,8H,1-2,7,9H2,(H2,15,16). The second-order valence-corrected chi connectivity index (χ2v) is 4.68. The van der Waals surface area contributed by atoms with Crippen LogP contribution >= 0.6 is 0 Å². The molecule has 0 unspecified atom stereocenters. The van der Waals surface area contributed by atoms with Crippen LogP contribution in [0.15, 0.2) is 30.3 Å². The highest BCUT2D eigenvalue weighted by Crippen LogP contribution is 2.19. The summed E-state index contributed by atoms with van der Waals surface area (Å²) in [6.45, 7) is 1.53. The molecule has 4 nitrogen and oxygen atoms in total. The van der Waals surface area contributed by atoms with Gasteiger partial charge in [0.25, 0.3) is 0 Å². The van der Waals surface area contributed by atoms with E-state index in [1.165, 1.54) is 0 Å². The maximum atomic E-state index is 11.6. The van der Waals surface area contributed by atoms with Crippen LogP contribution < -0.4 is 5.73 Å². The molecule has 0 saturated carbocycles. The molecule has 0 radical (unpaired) electrons. The van der Waals surface area contributed by atoms with E-state index in [2.05, 4.69) is 4.98 Å². The number of carbonyl (C=O) groups excluding carboxylic acids is 1. The van der Waals surface area contributed by atoms with E-state index in [0.717, 1.165) is 29.4 Å². The lowest BCUT2D eigenvalue weighted by Gasteiger charge is -2.15. The van der Waals surface area contributed by atoms with Gasteiger partial charge in [-0.05, 0) is 30.2 Å². The second-order valence-electron chi connectivity index (χ2n) is 4.68. The SMILES string of the molecule is Nc1ccc2ccc(CN3CCCC3=O)cc2n1. The van der Waals surface area contributed by atoms with E-state index in [1.54, 1.807) is 6.07 Å². The van der Waals surface area contributed by atoms with Crippen LogP contribution in [0.2, 0.25) is 0 Å². The number of benzene rings is 1. The Hall–Kier alpha value is -2.10. The number of hydrogen-bond acceptors (Lipinski definition) is 3. The Morgan fingerprint density at radius 2 is 2.11 bits per heavy atom. The van der Waals surface area contributed by atoms with E-state index in [4.69, 9.17) is 5.73 Å². The normalized spacial score (nSPS) is 15.6. The van der Waals surface area contributed by atoms with E-state index < -0.39 is 0 Å². The largest absolute Gasteiger partial charge is 0.384 e. The summed E-state index contributed by atoms with van der Waals surface area (Å²) in [5, 5.41) is 1.07. The van der Waals surface area contributed by atoms with Crippen molar-refractivity contribution < 1.29 is 4.79 Å². The topological polar surface area (TPSA) is 59.2 Å². The summed E-state index contributed by atoms with van der Waals surface area (Å²) in [5.41, 5.74) is 7.68. The van der Waals surface area contributed by atoms with Crippen molar-refractivity contribution in [1.29, 1.82) is 0 Å². The predicted octanol–water partition coefficient (Wildman–Crippen LogP) is 1.94. The Labute approximate surface area is 105 Å². The summed E-state index contributed by atoms with van der Waals surface area (Å²) in [6.07, 6.45) is 1.65. The fraction of sp³-hybridized carbons (Fsp3) is 0.286. The molecule has 2 N–H and O–H groups in total. The van der Waals surface area contributed by atoms with Crippen molar-refractivity contribution in [3.63, 3.8) is 0 Å². The lowest BCUT2D eigenvalue weighted by atomic mass is 10.1. The number of hydrogen-bond donors (Lipinski definition) is 1. The van der Waals surface area contributed by atoms with Crippen LogP contribution in [-0.4, -0.2) is 22.3 Å². The van der Waals surface area contributed by atoms with Gasteiger partial charge >= 0.3 is 0 Å². The van der Waals surface area contributed by atoms with E-state index >= 15 is 0 Å². The molecule has 92 valence electrons. The molecule has 2 aromatic rings. The van der Waals surface area contributed by atoms with Crippen molar-refractivity contribution in [2.45, 2.75) is 19.4 Å². The summed E-state index contributed by atoms with van der Waals surface area (Å²) >= 11 is 0. The maximum absolute atomic E-state index is 11.6. The third-order valence-corrected chi connectivity index (χ3v) is 3.32. The molecule has 0 atom stereocenters. The fourth-order valence-electron chi connectivity index (χ4n) is 2.37. The Morgan fingerprint density at radius 3 is 2.89 bits per heavy atom. The van der Waals surface area contributed by atoms with Gasteiger partial charge in [-0.3, -0.25) is 4.79 Å². The van der Waals surface area contributed by atoms with Gasteiger partial charge in [-0.15, -0.1) is 0 Å². The molecule has 4 heteroatoms. The van der Waals surface area contributed by atoms with Crippen LogP contribution in [0, 0.1) is 0 Å². The van der Waals surface area contributed by atoms with Crippen LogP contribution in [0.5, 0.6) is 0 Å². The van der Waals surface area contributed by atoms with Crippen molar-refractivity contribution in [1.82, 2.24) is 9.88 Å². The lowest BCUT2D eigenvalue weighted by Crippen LogP contribution is -2.23. The number of pyridine rings is 1. The smallest absolute Gasteiger partial charge is 0.222 e. The van der Waals surface area contributed by atoms with E-state index in [9.17, 15) is 4.79 Å². The zero-order chi connectivity index (χ0) is 12.5. The zero-order valence-electron chi connectivity index (χ0n) is 10.1. The molecule has 0 spiro atoms. The van der Waals surface area contributed by atoms with Crippen molar-refractivity contribution in [3.05, 3.63) is 35.9 Å². The molecule has 2 heterocycles. The monoisotopic (exact) mass is 241 g/mol. The van der Waals surface area contributed by atoms with Gasteiger partial charge in [0.05, 0.1) is 5.52 Å². The molecule has 1 saturated heterocycles. The van der Waals surface area contributed by atoms with Gasteiger partial charge in [0.1, 0.15) is 5.82 Å². The van der Waals surface area contributed by atoms with Crippen LogP contribution in [0.1, 0.15) is 18.4 Å². The minimum absolute atomic E-state index is 0.246. The maximum Gasteiger partial charge on any atom is 0.222 e. The first-order chi connectivity index (χ1) is 8.72. The summed E-state index contributed by atoms with van der Waals surface area (Å²) < 4.78 is 0. The molecule has 1 aromatic heterocycles. The van der Waals surface area contributed by atoms with Crippen LogP contribution in [0.25, 0.3) is 10.9 Å². The average molecular weight is 241 g/mol. The minimum Gasteiger partial charge on any atom is -0.384 e. The number of nitrogens with two attached hydrogens (primary N) is 1. The molecule has 3 rings (SSSR count). The Morgan fingerprint density at radius 1 is 1.28 bits per heavy atom. The molecule has 1 aliphatic rings. The summed E-state index contributed by atoms with van der Waals surface area (Å²) in [6, 6.07) is 9.84. The zero-order valence-corrected chi connectivity index (χ0v) is 10.1. The van der Waals surface area contributed by atoms with Crippen molar-refractivity contribution in [3.8, 4) is 0 Å². The second kappa shape index (κ2) is 4.29. The molecule has 0 aliphatic carbocycles. The number of nitrogen functional groups attached to an aromatic ring is 1. The lowest BCUT2D eigenvalue weighted by molar-refractivity contribution is -0.128. The first-order valence-corrected chi connectivity index (χ1v) is 6.15. The molecule has 1 fully saturated rings. The molecular formula is C14H15N3O. The number of amides is 1. The molecule has 1 amide bonds. The van der Waals surface area contributed by atoms with Gasteiger partial charge in [0, 0.05) is 24.9 Å². The number of likely N-dealkylation sites (tertiary alicyclic amines) is 1. The van der Waals surface area contributed by atoms with E-state index in [-0.39, 0.29) is 5.91 Å². The first-order valence-electron chi connectivity index (χ1n) is 6.15. The van der Waals surface area contributed by atoms with Crippen LogP contribution in [-0.2, 0) is 11.3 Å². The number of rotatable bonds is 2.